The van der Waals surface area contributed by atoms with E-state index >= 15 is 0 Å². The minimum atomic E-state index is -2.84. The van der Waals surface area contributed by atoms with Crippen molar-refractivity contribution in [2.24, 2.45) is 11.8 Å². The monoisotopic (exact) mass is 566 g/mol. The van der Waals surface area contributed by atoms with E-state index in [0.717, 1.165) is 54.9 Å². The van der Waals surface area contributed by atoms with Crippen LogP contribution in [0.5, 0.6) is 0 Å². The Hall–Kier alpha value is -2.95. The Labute approximate surface area is 236 Å². The molecule has 4 aliphatic rings. The minimum Gasteiger partial charge on any atom is -0.468 e. The molecule has 1 aliphatic carbocycles. The third-order valence-electron chi connectivity index (χ3n) is 9.14. The van der Waals surface area contributed by atoms with Gasteiger partial charge in [0.2, 0.25) is 15.8 Å². The number of nitrogens with zero attached hydrogens (tertiary/aromatic N) is 3. The van der Waals surface area contributed by atoms with Crippen LogP contribution in [0.4, 0.5) is 0 Å². The van der Waals surface area contributed by atoms with Crippen LogP contribution < -0.4 is 10.1 Å². The number of likely N-dealkylation sites (tertiary alicyclic amines) is 1. The molecule has 3 N–H and O–H groups in total. The molecular weight excluding hydrogens is 526 g/mol. The normalized spacial score (nSPS) is 25.4. The van der Waals surface area contributed by atoms with Gasteiger partial charge >= 0.3 is 0 Å². The molecule has 0 bridgehead atoms. The Morgan fingerprint density at radius 3 is 2.70 bits per heavy atom. The van der Waals surface area contributed by atoms with Crippen molar-refractivity contribution in [3.05, 3.63) is 65.1 Å². The molecule has 6 rings (SSSR count). The lowest BCUT2D eigenvalue weighted by atomic mass is 9.88. The number of nitrogens with one attached hydrogen (secondary N) is 1. The van der Waals surface area contributed by atoms with Gasteiger partial charge < -0.3 is 19.5 Å². The number of amides is 2. The first-order valence-corrected chi connectivity index (χ1v) is 16.3. The number of hydrogen-bond donors (Lipinski definition) is 2. The Morgan fingerprint density at radius 1 is 1.12 bits per heavy atom. The second-order valence-electron chi connectivity index (χ2n) is 11.8. The summed E-state index contributed by atoms with van der Waals surface area (Å²) < 4.78 is 26.7. The van der Waals surface area contributed by atoms with Gasteiger partial charge in [0.15, 0.2) is 0 Å². The lowest BCUT2D eigenvalue weighted by Gasteiger charge is -2.33. The molecule has 2 aromatic rings. The number of hydrogen-bond acceptors (Lipinski definition) is 5. The van der Waals surface area contributed by atoms with Crippen molar-refractivity contribution in [3.63, 3.8) is 0 Å². The highest BCUT2D eigenvalue weighted by molar-refractivity contribution is 7.87. The topological polar surface area (TPSA) is 112 Å². The van der Waals surface area contributed by atoms with E-state index in [1.54, 1.807) is 22.7 Å². The molecule has 1 aromatic carbocycles. The average molecular weight is 567 g/mol. The van der Waals surface area contributed by atoms with E-state index in [0.29, 0.717) is 37.6 Å². The predicted molar refractivity (Wildman–Crippen MR) is 153 cm³/mol. The number of piperidine rings is 2. The largest absolute Gasteiger partial charge is 0.468 e. The van der Waals surface area contributed by atoms with Crippen LogP contribution >= 0.6 is 0 Å². The zero-order chi connectivity index (χ0) is 27.9. The van der Waals surface area contributed by atoms with Crippen molar-refractivity contribution in [1.29, 1.82) is 0 Å². The fourth-order valence-electron chi connectivity index (χ4n) is 6.79. The zero-order valence-corrected chi connectivity index (χ0v) is 24.0. The highest BCUT2D eigenvalue weighted by atomic mass is 32.2. The first-order chi connectivity index (χ1) is 19.3. The van der Waals surface area contributed by atoms with Crippen LogP contribution in [-0.2, 0) is 20.5 Å². The second-order valence-corrected chi connectivity index (χ2v) is 14.0. The van der Waals surface area contributed by atoms with Crippen molar-refractivity contribution in [2.75, 3.05) is 39.8 Å². The van der Waals surface area contributed by atoms with E-state index in [1.807, 2.05) is 18.2 Å². The molecule has 0 spiro atoms. The van der Waals surface area contributed by atoms with Gasteiger partial charge in [-0.15, -0.1) is 0 Å². The van der Waals surface area contributed by atoms with Crippen LogP contribution in [0, 0.1) is 11.8 Å². The summed E-state index contributed by atoms with van der Waals surface area (Å²) in [6.07, 6.45) is 9.18. The fourth-order valence-corrected chi connectivity index (χ4v) is 8.42. The Kier molecular flexibility index (Phi) is 7.58. The lowest BCUT2D eigenvalue weighted by molar-refractivity contribution is -0.125. The Morgan fingerprint density at radius 2 is 1.93 bits per heavy atom. The van der Waals surface area contributed by atoms with Crippen molar-refractivity contribution in [1.82, 2.24) is 19.4 Å². The van der Waals surface area contributed by atoms with Gasteiger partial charge in [0.1, 0.15) is 11.5 Å². The van der Waals surface area contributed by atoms with E-state index in [2.05, 4.69) is 28.2 Å². The van der Waals surface area contributed by atoms with Crippen molar-refractivity contribution in [3.8, 4) is 0 Å². The SMILES string of the molecule is CN1CCC(CCN2C(=O)c3cccc4c3[C@H]2CC=C4NC(=O)C2CCCN(S(=[NH2+])(=O)Cc3ccco3)C2)CC1. The summed E-state index contributed by atoms with van der Waals surface area (Å²) in [4.78, 5) is 31.3. The highest BCUT2D eigenvalue weighted by Gasteiger charge is 2.41. The molecule has 0 saturated carbocycles. The second kappa shape index (κ2) is 11.1. The Bertz CT molecular complexity index is 1400. The molecule has 10 heteroatoms. The molecule has 0 radical (unpaired) electrons. The molecule has 2 fully saturated rings. The van der Waals surface area contributed by atoms with Crippen LogP contribution in [0.15, 0.2) is 47.1 Å². The maximum absolute atomic E-state index is 13.5. The summed E-state index contributed by atoms with van der Waals surface area (Å²) in [5, 5.41) is 3.16. The standard InChI is InChI=1S/C30H39N5O4S/c1-33-15-11-21(12-16-33)13-17-35-27-10-9-26(24-7-2-8-25(28(24)27)30(35)37)32-29(36)22-5-3-14-34(19-22)40(31,38)20-23-6-4-18-39-23/h2,4,6-9,18,21-22,27,31H,3,5,10-17,19-20H2,1H3,(H,32,36)/p+1/t22?,27-,40?/m1/s1. The van der Waals surface area contributed by atoms with Gasteiger partial charge in [-0.2, -0.15) is 8.51 Å². The smallest absolute Gasteiger partial charge is 0.254 e. The number of rotatable bonds is 8. The third kappa shape index (κ3) is 5.36. The van der Waals surface area contributed by atoms with E-state index in [1.165, 1.54) is 12.8 Å². The van der Waals surface area contributed by atoms with E-state index < -0.39 is 9.92 Å². The molecule has 214 valence electrons. The molecule has 9 nitrogen and oxygen atoms in total. The van der Waals surface area contributed by atoms with Gasteiger partial charge in [-0.1, -0.05) is 18.2 Å². The minimum absolute atomic E-state index is 0.0271. The molecule has 1 aromatic heterocycles. The van der Waals surface area contributed by atoms with Gasteiger partial charge in [0.05, 0.1) is 18.2 Å². The van der Waals surface area contributed by atoms with Crippen molar-refractivity contribution in [2.45, 2.75) is 50.3 Å². The first-order valence-electron chi connectivity index (χ1n) is 14.5. The number of nitrogens with two attached hydrogens (primary N) is 1. The molecule has 4 heterocycles. The van der Waals surface area contributed by atoms with E-state index in [9.17, 15) is 13.8 Å². The Balaban J connectivity index is 1.12. The number of furan rings is 1. The first kappa shape index (κ1) is 27.2. The van der Waals surface area contributed by atoms with Gasteiger partial charge in [-0.25, -0.2) is 4.78 Å². The van der Waals surface area contributed by atoms with Crippen LogP contribution in [0.2, 0.25) is 0 Å². The van der Waals surface area contributed by atoms with Crippen molar-refractivity contribution >= 4 is 27.4 Å². The molecule has 40 heavy (non-hydrogen) atoms. The molecule has 2 amide bonds. The predicted octanol–water partition coefficient (Wildman–Crippen LogP) is 2.42. The van der Waals surface area contributed by atoms with Crippen LogP contribution in [-0.4, -0.2) is 69.9 Å². The van der Waals surface area contributed by atoms with E-state index in [4.69, 9.17) is 9.20 Å². The van der Waals surface area contributed by atoms with Crippen LogP contribution in [0.25, 0.3) is 5.70 Å². The van der Waals surface area contributed by atoms with Gasteiger partial charge in [-0.3, -0.25) is 9.59 Å². The van der Waals surface area contributed by atoms with Crippen molar-refractivity contribution < 1.29 is 23.0 Å². The highest BCUT2D eigenvalue weighted by Crippen LogP contribution is 2.44. The van der Waals surface area contributed by atoms with Crippen LogP contribution in [0.3, 0.4) is 0 Å². The summed E-state index contributed by atoms with van der Waals surface area (Å²) in [6.45, 7) is 3.96. The summed E-state index contributed by atoms with van der Waals surface area (Å²) in [5.41, 5.74) is 3.51. The van der Waals surface area contributed by atoms with Crippen LogP contribution in [0.1, 0.15) is 71.8 Å². The molecular formula is C30H40N5O4S+. The van der Waals surface area contributed by atoms with Gasteiger partial charge in [0, 0.05) is 36.5 Å². The lowest BCUT2D eigenvalue weighted by Crippen LogP contribution is -2.55. The number of benzene rings is 1. The average Bonchev–Trinajstić information content (AvgIpc) is 3.56. The van der Waals surface area contributed by atoms with Gasteiger partial charge in [-0.05, 0) is 88.3 Å². The molecule has 3 atom stereocenters. The molecule has 2 saturated heterocycles. The number of carbonyl (C=O) groups is 2. The molecule has 3 aliphatic heterocycles. The van der Waals surface area contributed by atoms with E-state index in [-0.39, 0.29) is 29.5 Å². The maximum Gasteiger partial charge on any atom is 0.254 e. The fraction of sp³-hybridized carbons (Fsp3) is 0.533. The molecule has 2 unspecified atom stereocenters. The quantitative estimate of drug-likeness (QED) is 0.510. The maximum atomic E-state index is 13.5. The summed E-state index contributed by atoms with van der Waals surface area (Å²) >= 11 is 0. The third-order valence-corrected chi connectivity index (χ3v) is 11.0. The summed E-state index contributed by atoms with van der Waals surface area (Å²) in [5.74, 6) is 1.06. The number of carbonyl (C=O) groups excluding carboxylic acids is 2. The summed E-state index contributed by atoms with van der Waals surface area (Å²) in [6, 6.07) is 9.39. The summed E-state index contributed by atoms with van der Waals surface area (Å²) in [7, 11) is -0.665. The van der Waals surface area contributed by atoms with Gasteiger partial charge in [0.25, 0.3) is 5.91 Å². The zero-order valence-electron chi connectivity index (χ0n) is 23.2.